The maximum absolute atomic E-state index is 5.75. The first-order valence-electron chi connectivity index (χ1n) is 8.51. The van der Waals surface area contributed by atoms with Crippen molar-refractivity contribution in [2.45, 2.75) is 58.3 Å². The second-order valence-corrected chi connectivity index (χ2v) is 6.62. The van der Waals surface area contributed by atoms with Crippen LogP contribution >= 0.6 is 0 Å². The zero-order valence-corrected chi connectivity index (χ0v) is 13.5. The van der Waals surface area contributed by atoms with Gasteiger partial charge in [0, 0.05) is 37.3 Å². The summed E-state index contributed by atoms with van der Waals surface area (Å²) in [4.78, 5) is 5.30. The average Bonchev–Trinajstić information content (AvgIpc) is 2.93. The molecule has 2 saturated heterocycles. The molecule has 2 fully saturated rings. The third-order valence-electron chi connectivity index (χ3n) is 4.96. The van der Waals surface area contributed by atoms with Crippen LogP contribution in [0.3, 0.4) is 0 Å². The Morgan fingerprint density at radius 1 is 1.33 bits per heavy atom. The van der Waals surface area contributed by atoms with E-state index in [4.69, 9.17) is 4.42 Å². The molecule has 4 heteroatoms. The van der Waals surface area contributed by atoms with Gasteiger partial charge in [-0.3, -0.25) is 9.80 Å². The number of hydrogen-bond acceptors (Lipinski definition) is 4. The maximum Gasteiger partial charge on any atom is 0.118 e. The Kier molecular flexibility index (Phi) is 4.99. The molecule has 2 aliphatic heterocycles. The monoisotopic (exact) mass is 291 g/mol. The van der Waals surface area contributed by atoms with Crippen LogP contribution in [0.25, 0.3) is 0 Å². The first-order chi connectivity index (χ1) is 10.3. The number of hydrogen-bond donors (Lipinski definition) is 1. The summed E-state index contributed by atoms with van der Waals surface area (Å²) in [6.07, 6.45) is 6.05. The molecule has 0 bridgehead atoms. The summed E-state index contributed by atoms with van der Waals surface area (Å²) in [5.74, 6) is 1.11. The molecule has 2 aliphatic rings. The summed E-state index contributed by atoms with van der Waals surface area (Å²) in [6.45, 7) is 11.1. The molecule has 0 aromatic carbocycles. The number of piperidine rings is 1. The predicted molar refractivity (Wildman–Crippen MR) is 85.2 cm³/mol. The summed E-state index contributed by atoms with van der Waals surface area (Å²) in [5, 5.41) is 3.35. The average molecular weight is 291 g/mol. The molecular weight excluding hydrogens is 262 g/mol. The van der Waals surface area contributed by atoms with Crippen molar-refractivity contribution < 1.29 is 4.42 Å². The van der Waals surface area contributed by atoms with Gasteiger partial charge >= 0.3 is 0 Å². The number of nitrogens with one attached hydrogen (secondary N) is 1. The summed E-state index contributed by atoms with van der Waals surface area (Å²) >= 11 is 0. The molecule has 0 spiro atoms. The predicted octanol–water partition coefficient (Wildman–Crippen LogP) is 2.45. The van der Waals surface area contributed by atoms with Crippen molar-refractivity contribution in [2.24, 2.45) is 0 Å². The van der Waals surface area contributed by atoms with Gasteiger partial charge in [0.15, 0.2) is 0 Å². The highest BCUT2D eigenvalue weighted by atomic mass is 16.3. The molecule has 2 unspecified atom stereocenters. The van der Waals surface area contributed by atoms with Crippen LogP contribution in [0, 0.1) is 0 Å². The normalized spacial score (nSPS) is 27.7. The van der Waals surface area contributed by atoms with E-state index in [1.807, 2.05) is 6.26 Å². The van der Waals surface area contributed by atoms with E-state index in [-0.39, 0.29) is 0 Å². The first-order valence-corrected chi connectivity index (χ1v) is 8.51. The molecule has 1 N–H and O–H groups in total. The Balaban J connectivity index is 1.57. The quantitative estimate of drug-likeness (QED) is 0.903. The minimum absolute atomic E-state index is 0.627. The fourth-order valence-electron chi connectivity index (χ4n) is 3.70. The number of fused-ring (bicyclic) bond motifs is 1. The Morgan fingerprint density at radius 2 is 2.24 bits per heavy atom. The van der Waals surface area contributed by atoms with Crippen molar-refractivity contribution in [2.75, 3.05) is 26.2 Å². The van der Waals surface area contributed by atoms with Crippen LogP contribution in [0.15, 0.2) is 16.7 Å². The van der Waals surface area contributed by atoms with E-state index >= 15 is 0 Å². The largest absolute Gasteiger partial charge is 0.468 e. The van der Waals surface area contributed by atoms with Crippen LogP contribution in [0.2, 0.25) is 0 Å². The highest BCUT2D eigenvalue weighted by Crippen LogP contribution is 2.25. The highest BCUT2D eigenvalue weighted by molar-refractivity contribution is 5.13. The second kappa shape index (κ2) is 6.95. The lowest BCUT2D eigenvalue weighted by molar-refractivity contribution is 0.00806. The summed E-state index contributed by atoms with van der Waals surface area (Å²) < 4.78 is 5.75. The molecule has 3 rings (SSSR count). The van der Waals surface area contributed by atoms with Crippen molar-refractivity contribution >= 4 is 0 Å². The van der Waals surface area contributed by atoms with Gasteiger partial charge < -0.3 is 9.73 Å². The number of nitrogens with zero attached hydrogens (tertiary/aromatic N) is 2. The van der Waals surface area contributed by atoms with E-state index in [1.54, 1.807) is 0 Å². The van der Waals surface area contributed by atoms with Crippen LogP contribution in [-0.2, 0) is 13.1 Å². The lowest BCUT2D eigenvalue weighted by atomic mass is 9.97. The Morgan fingerprint density at radius 3 is 3.10 bits per heavy atom. The minimum Gasteiger partial charge on any atom is -0.468 e. The molecule has 0 radical (unpaired) electrons. The number of furan rings is 1. The Bertz CT molecular complexity index is 445. The molecule has 0 amide bonds. The minimum atomic E-state index is 0.627. The molecule has 118 valence electrons. The van der Waals surface area contributed by atoms with Crippen molar-refractivity contribution in [3.05, 3.63) is 23.7 Å². The maximum atomic E-state index is 5.75. The molecule has 3 heterocycles. The van der Waals surface area contributed by atoms with Crippen molar-refractivity contribution in [3.8, 4) is 0 Å². The van der Waals surface area contributed by atoms with Gasteiger partial charge in [-0.2, -0.15) is 0 Å². The van der Waals surface area contributed by atoms with E-state index in [9.17, 15) is 0 Å². The van der Waals surface area contributed by atoms with Gasteiger partial charge in [-0.15, -0.1) is 0 Å². The summed E-state index contributed by atoms with van der Waals surface area (Å²) in [7, 11) is 0. The molecule has 1 aromatic rings. The second-order valence-electron chi connectivity index (χ2n) is 6.62. The van der Waals surface area contributed by atoms with E-state index in [1.165, 1.54) is 44.5 Å². The Labute approximate surface area is 128 Å². The molecule has 2 atom stereocenters. The first kappa shape index (κ1) is 15.1. The van der Waals surface area contributed by atoms with Gasteiger partial charge in [-0.05, 0) is 38.9 Å². The SMILES string of the molecule is CCNCc1coc(CN2CC3CCCCN3CC2C)c1. The zero-order valence-electron chi connectivity index (χ0n) is 13.5. The summed E-state index contributed by atoms with van der Waals surface area (Å²) in [5.41, 5.74) is 1.26. The van der Waals surface area contributed by atoms with Gasteiger partial charge in [0.2, 0.25) is 0 Å². The summed E-state index contributed by atoms with van der Waals surface area (Å²) in [6, 6.07) is 3.61. The van der Waals surface area contributed by atoms with Crippen LogP contribution < -0.4 is 5.32 Å². The third kappa shape index (κ3) is 3.68. The van der Waals surface area contributed by atoms with Gasteiger partial charge in [0.05, 0.1) is 12.8 Å². The van der Waals surface area contributed by atoms with Gasteiger partial charge in [0.1, 0.15) is 5.76 Å². The fourth-order valence-corrected chi connectivity index (χ4v) is 3.70. The van der Waals surface area contributed by atoms with Crippen molar-refractivity contribution in [1.82, 2.24) is 15.1 Å². The van der Waals surface area contributed by atoms with E-state index in [0.29, 0.717) is 6.04 Å². The molecule has 0 aliphatic carbocycles. The lowest BCUT2D eigenvalue weighted by Crippen LogP contribution is -2.58. The van der Waals surface area contributed by atoms with E-state index in [0.717, 1.165) is 31.4 Å². The smallest absolute Gasteiger partial charge is 0.118 e. The highest BCUT2D eigenvalue weighted by Gasteiger charge is 2.33. The van der Waals surface area contributed by atoms with Crippen LogP contribution in [0.5, 0.6) is 0 Å². The molecule has 21 heavy (non-hydrogen) atoms. The van der Waals surface area contributed by atoms with E-state index < -0.39 is 0 Å². The van der Waals surface area contributed by atoms with Crippen LogP contribution in [0.4, 0.5) is 0 Å². The third-order valence-corrected chi connectivity index (χ3v) is 4.96. The van der Waals surface area contributed by atoms with E-state index in [2.05, 4.69) is 35.0 Å². The fraction of sp³-hybridized carbons (Fsp3) is 0.765. The molecule has 0 saturated carbocycles. The van der Waals surface area contributed by atoms with Gasteiger partial charge in [0.25, 0.3) is 0 Å². The van der Waals surface area contributed by atoms with Crippen LogP contribution in [-0.4, -0.2) is 48.1 Å². The number of rotatable bonds is 5. The lowest BCUT2D eigenvalue weighted by Gasteiger charge is -2.47. The topological polar surface area (TPSA) is 31.7 Å². The molecule has 1 aromatic heterocycles. The van der Waals surface area contributed by atoms with Crippen molar-refractivity contribution in [3.63, 3.8) is 0 Å². The van der Waals surface area contributed by atoms with Gasteiger partial charge in [-0.1, -0.05) is 13.3 Å². The van der Waals surface area contributed by atoms with Crippen LogP contribution in [0.1, 0.15) is 44.4 Å². The zero-order chi connectivity index (χ0) is 14.7. The van der Waals surface area contributed by atoms with Crippen molar-refractivity contribution in [1.29, 1.82) is 0 Å². The standard InChI is InChI=1S/C17H29N3O/c1-3-18-9-15-8-17(21-13-15)12-20-11-16-6-4-5-7-19(16)10-14(20)2/h8,13-14,16,18H,3-7,9-12H2,1-2H3. The molecular formula is C17H29N3O. The van der Waals surface area contributed by atoms with Gasteiger partial charge in [-0.25, -0.2) is 0 Å². The Hall–Kier alpha value is -0.840. The number of piperazine rings is 1. The molecule has 4 nitrogen and oxygen atoms in total.